The molecule has 0 amide bonds. The van der Waals surface area contributed by atoms with Gasteiger partial charge < -0.3 is 10.4 Å². The summed E-state index contributed by atoms with van der Waals surface area (Å²) in [5.74, 6) is -0.896. The van der Waals surface area contributed by atoms with E-state index in [1.54, 1.807) is 18.5 Å². The van der Waals surface area contributed by atoms with Gasteiger partial charge in [-0.05, 0) is 24.6 Å². The molecule has 2 N–H and O–H groups in total. The highest BCUT2D eigenvalue weighted by Crippen LogP contribution is 2.20. The number of aromatic nitrogens is 5. The van der Waals surface area contributed by atoms with Crippen molar-refractivity contribution < 1.29 is 13.9 Å². The number of nitrogens with zero attached hydrogens (tertiary/aromatic N) is 5. The van der Waals surface area contributed by atoms with Crippen LogP contribution in [0, 0.1) is 11.6 Å². The van der Waals surface area contributed by atoms with Crippen LogP contribution in [0.3, 0.4) is 0 Å². The van der Waals surface area contributed by atoms with Gasteiger partial charge in [0.1, 0.15) is 11.6 Å². The van der Waals surface area contributed by atoms with Crippen molar-refractivity contribution >= 4 is 5.95 Å². The number of benzene rings is 1. The van der Waals surface area contributed by atoms with E-state index in [0.717, 1.165) is 18.2 Å². The number of halogens is 2. The molecule has 0 radical (unpaired) electrons. The molecule has 124 valence electrons. The van der Waals surface area contributed by atoms with Gasteiger partial charge >= 0.3 is 0 Å². The molecule has 2 heterocycles. The fraction of sp³-hybridized carbons (Fsp3) is 0.200. The minimum atomic E-state index is -0.721. The monoisotopic (exact) mass is 332 g/mol. The smallest absolute Gasteiger partial charge is 0.255 e. The Balaban J connectivity index is 2.03. The summed E-state index contributed by atoms with van der Waals surface area (Å²) in [6, 6.07) is 4.76. The average molecular weight is 332 g/mol. The summed E-state index contributed by atoms with van der Waals surface area (Å²) in [6.45, 7) is 0.460. The third-order valence-electron chi connectivity index (χ3n) is 3.07. The Morgan fingerprint density at radius 1 is 1.08 bits per heavy atom. The van der Waals surface area contributed by atoms with E-state index in [4.69, 9.17) is 5.11 Å². The van der Waals surface area contributed by atoms with E-state index in [-0.39, 0.29) is 29.9 Å². The predicted molar refractivity (Wildman–Crippen MR) is 82.5 cm³/mol. The summed E-state index contributed by atoms with van der Waals surface area (Å²) in [6.07, 6.45) is 3.71. The number of hydrogen-bond donors (Lipinski definition) is 2. The Bertz CT molecular complexity index is 805. The molecule has 0 atom stereocenters. The number of rotatable bonds is 6. The van der Waals surface area contributed by atoms with Crippen LogP contribution in [0.15, 0.2) is 36.7 Å². The molecule has 2 aromatic heterocycles. The first-order valence-electron chi connectivity index (χ1n) is 7.23. The molecule has 0 aliphatic rings. The molecule has 1 aromatic carbocycles. The largest absolute Gasteiger partial charge is 0.396 e. The highest BCUT2D eigenvalue weighted by molar-refractivity contribution is 5.57. The van der Waals surface area contributed by atoms with Crippen molar-refractivity contribution in [1.29, 1.82) is 0 Å². The number of anilines is 1. The lowest BCUT2D eigenvalue weighted by Crippen LogP contribution is -2.12. The molecule has 0 aliphatic heterocycles. The van der Waals surface area contributed by atoms with Crippen LogP contribution in [0.1, 0.15) is 6.42 Å². The molecule has 0 saturated carbocycles. The summed E-state index contributed by atoms with van der Waals surface area (Å²) in [7, 11) is 0. The van der Waals surface area contributed by atoms with Crippen LogP contribution in [0.4, 0.5) is 14.7 Å². The second-order valence-corrected chi connectivity index (χ2v) is 4.90. The van der Waals surface area contributed by atoms with E-state index >= 15 is 0 Å². The van der Waals surface area contributed by atoms with Crippen LogP contribution >= 0.6 is 0 Å². The van der Waals surface area contributed by atoms with Crippen LogP contribution in [0.2, 0.25) is 0 Å². The van der Waals surface area contributed by atoms with E-state index in [0.29, 0.717) is 13.0 Å². The summed E-state index contributed by atoms with van der Waals surface area (Å²) in [5, 5.41) is 15.8. The maximum Gasteiger partial charge on any atom is 0.255 e. The minimum Gasteiger partial charge on any atom is -0.396 e. The minimum absolute atomic E-state index is 0.0199. The number of hydrogen-bond acceptors (Lipinski definition) is 6. The first kappa shape index (κ1) is 15.9. The molecule has 0 fully saturated rings. The van der Waals surface area contributed by atoms with Gasteiger partial charge in [0.25, 0.3) is 5.95 Å². The Kier molecular flexibility index (Phi) is 4.71. The fourth-order valence-corrected chi connectivity index (χ4v) is 2.02. The lowest BCUT2D eigenvalue weighted by molar-refractivity contribution is 0.292. The zero-order valence-electron chi connectivity index (χ0n) is 12.5. The maximum absolute atomic E-state index is 13.5. The second kappa shape index (κ2) is 7.09. The number of aliphatic hydroxyl groups is 1. The second-order valence-electron chi connectivity index (χ2n) is 4.90. The molecule has 9 heteroatoms. The van der Waals surface area contributed by atoms with Crippen molar-refractivity contribution in [1.82, 2.24) is 24.7 Å². The molecular formula is C15H14F2N6O. The quantitative estimate of drug-likeness (QED) is 0.669. The van der Waals surface area contributed by atoms with E-state index in [1.807, 2.05) is 0 Å². The lowest BCUT2D eigenvalue weighted by atomic mass is 10.2. The van der Waals surface area contributed by atoms with Crippen LogP contribution in [0.25, 0.3) is 17.3 Å². The molecule has 3 rings (SSSR count). The van der Waals surface area contributed by atoms with Gasteiger partial charge in [-0.25, -0.2) is 13.5 Å². The van der Waals surface area contributed by atoms with Crippen LogP contribution in [-0.2, 0) is 0 Å². The predicted octanol–water partition coefficient (Wildman–Crippen LogP) is 1.80. The normalized spacial score (nSPS) is 10.8. The van der Waals surface area contributed by atoms with Crippen molar-refractivity contribution in [3.05, 3.63) is 48.3 Å². The molecule has 0 bridgehead atoms. The average Bonchev–Trinajstić information content (AvgIpc) is 3.08. The molecule has 0 saturated heterocycles. The van der Waals surface area contributed by atoms with Crippen molar-refractivity contribution in [2.75, 3.05) is 18.5 Å². The fourth-order valence-electron chi connectivity index (χ4n) is 2.02. The number of aliphatic hydroxyl groups excluding tert-OH is 1. The van der Waals surface area contributed by atoms with Crippen LogP contribution < -0.4 is 5.32 Å². The van der Waals surface area contributed by atoms with E-state index in [1.165, 1.54) is 4.68 Å². The van der Waals surface area contributed by atoms with Gasteiger partial charge in [-0.15, -0.1) is 0 Å². The van der Waals surface area contributed by atoms with Crippen molar-refractivity contribution in [3.63, 3.8) is 0 Å². The Hall–Kier alpha value is -2.94. The topological polar surface area (TPSA) is 88.8 Å². The first-order chi connectivity index (χ1) is 11.7. The van der Waals surface area contributed by atoms with Gasteiger partial charge in [0.05, 0.1) is 0 Å². The molecule has 0 spiro atoms. The molecule has 0 unspecified atom stereocenters. The third-order valence-corrected chi connectivity index (χ3v) is 3.07. The van der Waals surface area contributed by atoms with Crippen molar-refractivity contribution in [2.45, 2.75) is 6.42 Å². The third kappa shape index (κ3) is 3.69. The van der Waals surface area contributed by atoms with Gasteiger partial charge in [-0.1, -0.05) is 0 Å². The number of nitrogens with one attached hydrogen (secondary N) is 1. The molecule has 0 aliphatic carbocycles. The van der Waals surface area contributed by atoms with Gasteiger partial charge in [0, 0.05) is 37.2 Å². The molecule has 3 aromatic rings. The summed E-state index contributed by atoms with van der Waals surface area (Å²) < 4.78 is 28.3. The van der Waals surface area contributed by atoms with Crippen molar-refractivity contribution in [3.8, 4) is 17.3 Å². The lowest BCUT2D eigenvalue weighted by Gasteiger charge is -2.09. The zero-order chi connectivity index (χ0) is 16.9. The summed E-state index contributed by atoms with van der Waals surface area (Å²) in [5.41, 5.74) is 0.188. The molecule has 24 heavy (non-hydrogen) atoms. The van der Waals surface area contributed by atoms with Gasteiger partial charge in [-0.2, -0.15) is 20.1 Å². The van der Waals surface area contributed by atoms with E-state index in [9.17, 15) is 8.78 Å². The highest BCUT2D eigenvalue weighted by atomic mass is 19.1. The molecule has 7 nitrogen and oxygen atoms in total. The Morgan fingerprint density at radius 3 is 2.54 bits per heavy atom. The molecular weight excluding hydrogens is 318 g/mol. The highest BCUT2D eigenvalue weighted by Gasteiger charge is 2.12. The summed E-state index contributed by atoms with van der Waals surface area (Å²) in [4.78, 5) is 12.6. The van der Waals surface area contributed by atoms with Gasteiger partial charge in [-0.3, -0.25) is 0 Å². The van der Waals surface area contributed by atoms with E-state index in [2.05, 4.69) is 25.4 Å². The van der Waals surface area contributed by atoms with Crippen LogP contribution in [0.5, 0.6) is 0 Å². The Morgan fingerprint density at radius 2 is 1.88 bits per heavy atom. The van der Waals surface area contributed by atoms with Gasteiger partial charge in [0.2, 0.25) is 5.95 Å². The van der Waals surface area contributed by atoms with Crippen LogP contribution in [-0.4, -0.2) is 43.0 Å². The maximum atomic E-state index is 13.5. The van der Waals surface area contributed by atoms with E-state index < -0.39 is 11.6 Å². The SMILES string of the molecule is OCCCNc1nc(-c2cc(F)cc(F)c2)nc(-n2cccn2)n1. The zero-order valence-corrected chi connectivity index (χ0v) is 12.5. The first-order valence-corrected chi connectivity index (χ1v) is 7.23. The standard InChI is InChI=1S/C15H14F2N6O/c16-11-7-10(8-12(17)9-11)13-20-14(18-3-2-6-24)22-15(21-13)23-5-1-4-19-23/h1,4-5,7-9,24H,2-3,6H2,(H,18,20,21,22). The van der Waals surface area contributed by atoms with Gasteiger partial charge in [0.15, 0.2) is 5.82 Å². The van der Waals surface area contributed by atoms with Crippen molar-refractivity contribution in [2.24, 2.45) is 0 Å². The Labute approximate surface area is 136 Å². The summed E-state index contributed by atoms with van der Waals surface area (Å²) >= 11 is 0.